The van der Waals surface area contributed by atoms with E-state index in [-0.39, 0.29) is 5.41 Å². The monoisotopic (exact) mass is 362 g/mol. The standard InChI is InChI=1S/C19H26N2O3S/c1-13-5-6-15-14(11-13)12-19(7-9-21(10-8-19)17(22)23)16(15)20-25(24)18(2,3)4/h5-6,11H,7-10,12H2,1-4H3,(H,22,23)/b20-16-. The molecule has 0 radical (unpaired) electrons. The lowest BCUT2D eigenvalue weighted by Crippen LogP contribution is -2.45. The average molecular weight is 362 g/mol. The van der Waals surface area contributed by atoms with Crippen LogP contribution in [0.4, 0.5) is 4.79 Å². The summed E-state index contributed by atoms with van der Waals surface area (Å²) in [5.41, 5.74) is 4.26. The number of fused-ring (bicyclic) bond motifs is 1. The molecule has 2 aliphatic rings. The van der Waals surface area contributed by atoms with E-state index in [4.69, 9.17) is 0 Å². The van der Waals surface area contributed by atoms with E-state index in [1.165, 1.54) is 16.0 Å². The predicted molar refractivity (Wildman–Crippen MR) is 101 cm³/mol. The van der Waals surface area contributed by atoms with Gasteiger partial charge in [0, 0.05) is 24.1 Å². The highest BCUT2D eigenvalue weighted by molar-refractivity contribution is 7.91. The molecule has 6 heteroatoms. The Morgan fingerprint density at radius 3 is 2.52 bits per heavy atom. The first kappa shape index (κ1) is 18.3. The summed E-state index contributed by atoms with van der Waals surface area (Å²) in [5.74, 6) is 0. The maximum absolute atomic E-state index is 12.7. The van der Waals surface area contributed by atoms with Gasteiger partial charge in [0.25, 0.3) is 0 Å². The van der Waals surface area contributed by atoms with Crippen LogP contribution < -0.4 is 0 Å². The molecule has 1 aliphatic carbocycles. The number of hydrogen-bond acceptors (Lipinski definition) is 3. The van der Waals surface area contributed by atoms with Gasteiger partial charge in [-0.25, -0.2) is 4.79 Å². The van der Waals surface area contributed by atoms with Crippen LogP contribution in [-0.2, 0) is 17.8 Å². The summed E-state index contributed by atoms with van der Waals surface area (Å²) in [7, 11) is 0. The van der Waals surface area contributed by atoms with Crippen molar-refractivity contribution >= 4 is 23.2 Å². The van der Waals surface area contributed by atoms with Gasteiger partial charge in [-0.1, -0.05) is 28.2 Å². The first-order valence-corrected chi connectivity index (χ1v) is 9.82. The zero-order valence-electron chi connectivity index (χ0n) is 15.3. The fourth-order valence-corrected chi connectivity index (χ4v) is 4.47. The summed E-state index contributed by atoms with van der Waals surface area (Å²) >= 11 is -1.33. The van der Waals surface area contributed by atoms with E-state index < -0.39 is 22.2 Å². The second kappa shape index (κ2) is 6.32. The van der Waals surface area contributed by atoms with E-state index in [2.05, 4.69) is 29.5 Å². The number of aryl methyl sites for hydroxylation is 1. The van der Waals surface area contributed by atoms with Crippen molar-refractivity contribution in [3.63, 3.8) is 0 Å². The van der Waals surface area contributed by atoms with Crippen LogP contribution in [0.2, 0.25) is 0 Å². The van der Waals surface area contributed by atoms with E-state index in [0.717, 1.165) is 30.5 Å². The third kappa shape index (κ3) is 3.42. The Morgan fingerprint density at radius 1 is 1.32 bits per heavy atom. The van der Waals surface area contributed by atoms with Crippen LogP contribution in [0, 0.1) is 12.3 Å². The van der Waals surface area contributed by atoms with Crippen molar-refractivity contribution in [2.24, 2.45) is 9.81 Å². The lowest BCUT2D eigenvalue weighted by Gasteiger charge is -2.38. The molecule has 1 fully saturated rings. The van der Waals surface area contributed by atoms with Gasteiger partial charge in [-0.3, -0.25) is 0 Å². The zero-order valence-corrected chi connectivity index (χ0v) is 16.2. The van der Waals surface area contributed by atoms with Gasteiger partial charge in [0.1, 0.15) is 21.8 Å². The highest BCUT2D eigenvalue weighted by atomic mass is 32.2. The van der Waals surface area contributed by atoms with Gasteiger partial charge >= 0.3 is 6.09 Å². The minimum absolute atomic E-state index is 0.191. The average Bonchev–Trinajstić information content (AvgIpc) is 2.79. The highest BCUT2D eigenvalue weighted by Crippen LogP contribution is 2.46. The van der Waals surface area contributed by atoms with E-state index in [1.807, 2.05) is 20.8 Å². The number of rotatable bonds is 1. The summed E-state index contributed by atoms with van der Waals surface area (Å²) in [6.45, 7) is 8.86. The SMILES string of the molecule is Cc1ccc2c(c1)CC1(CCN(C(=O)O)CC1)/C2=N\[S+]([O-])C(C)(C)C. The summed E-state index contributed by atoms with van der Waals surface area (Å²) in [5, 5.41) is 9.24. The van der Waals surface area contributed by atoms with Gasteiger partial charge in [-0.15, -0.1) is 0 Å². The molecule has 136 valence electrons. The minimum atomic E-state index is -1.33. The van der Waals surface area contributed by atoms with Crippen molar-refractivity contribution in [1.29, 1.82) is 0 Å². The Hall–Kier alpha value is -1.53. The van der Waals surface area contributed by atoms with Gasteiger partial charge in [-0.2, -0.15) is 0 Å². The second-order valence-corrected chi connectivity index (χ2v) is 10.1. The number of piperidine rings is 1. The number of carboxylic acid groups (broad SMARTS) is 1. The largest absolute Gasteiger partial charge is 0.591 e. The van der Waals surface area contributed by atoms with Crippen LogP contribution in [0.3, 0.4) is 0 Å². The number of amides is 1. The van der Waals surface area contributed by atoms with Crippen molar-refractivity contribution in [1.82, 2.24) is 4.90 Å². The molecule has 1 unspecified atom stereocenters. The maximum atomic E-state index is 12.7. The molecule has 1 N–H and O–H groups in total. The molecule has 0 aromatic heterocycles. The Kier molecular flexibility index (Phi) is 4.62. The molecular weight excluding hydrogens is 336 g/mol. The van der Waals surface area contributed by atoms with Crippen molar-refractivity contribution in [2.75, 3.05) is 13.1 Å². The Bertz CT molecular complexity index is 716. The van der Waals surface area contributed by atoms with E-state index >= 15 is 0 Å². The molecule has 1 saturated heterocycles. The van der Waals surface area contributed by atoms with Gasteiger partial charge in [0.2, 0.25) is 0 Å². The summed E-state index contributed by atoms with van der Waals surface area (Å²) < 4.78 is 17.0. The Balaban J connectivity index is 2.01. The normalized spacial score (nSPS) is 22.3. The van der Waals surface area contributed by atoms with Crippen LogP contribution in [0.25, 0.3) is 0 Å². The van der Waals surface area contributed by atoms with Gasteiger partial charge in [0.15, 0.2) is 0 Å². The molecule has 1 aromatic carbocycles. The number of likely N-dealkylation sites (tertiary alicyclic amines) is 1. The number of benzene rings is 1. The quantitative estimate of drug-likeness (QED) is 0.776. The van der Waals surface area contributed by atoms with E-state index in [0.29, 0.717) is 13.1 Å². The number of nitrogens with zero attached hydrogens (tertiary/aromatic N) is 2. The third-order valence-electron chi connectivity index (χ3n) is 5.24. The molecule has 25 heavy (non-hydrogen) atoms. The number of carbonyl (C=O) groups is 1. The lowest BCUT2D eigenvalue weighted by molar-refractivity contribution is 0.115. The fraction of sp³-hybridized carbons (Fsp3) is 0.579. The molecule has 1 atom stereocenters. The summed E-state index contributed by atoms with van der Waals surface area (Å²) in [6.07, 6.45) is 1.45. The van der Waals surface area contributed by atoms with Crippen LogP contribution in [-0.4, -0.2) is 44.2 Å². The highest BCUT2D eigenvalue weighted by Gasteiger charge is 2.48. The minimum Gasteiger partial charge on any atom is -0.591 e. The molecule has 1 aromatic rings. The Morgan fingerprint density at radius 2 is 1.96 bits per heavy atom. The lowest BCUT2D eigenvalue weighted by atomic mass is 9.74. The molecule has 1 heterocycles. The molecule has 0 bridgehead atoms. The van der Waals surface area contributed by atoms with E-state index in [1.54, 1.807) is 0 Å². The molecular formula is C19H26N2O3S. The van der Waals surface area contributed by atoms with Crippen molar-refractivity contribution < 1.29 is 14.5 Å². The fourth-order valence-electron chi connectivity index (χ4n) is 3.74. The molecule has 0 saturated carbocycles. The zero-order chi connectivity index (χ0) is 18.4. The molecule has 3 rings (SSSR count). The van der Waals surface area contributed by atoms with Crippen LogP contribution >= 0.6 is 0 Å². The van der Waals surface area contributed by atoms with E-state index in [9.17, 15) is 14.5 Å². The van der Waals surface area contributed by atoms with Gasteiger partial charge < -0.3 is 14.6 Å². The van der Waals surface area contributed by atoms with Crippen molar-refractivity contribution in [3.8, 4) is 0 Å². The van der Waals surface area contributed by atoms with Crippen molar-refractivity contribution in [2.45, 2.75) is 51.7 Å². The second-order valence-electron chi connectivity index (χ2n) is 8.19. The van der Waals surface area contributed by atoms with Crippen molar-refractivity contribution in [3.05, 3.63) is 34.9 Å². The first-order chi connectivity index (χ1) is 11.6. The molecule has 1 aliphatic heterocycles. The predicted octanol–water partition coefficient (Wildman–Crippen LogP) is 3.56. The van der Waals surface area contributed by atoms with Gasteiger partial charge in [0.05, 0.1) is 0 Å². The smallest absolute Gasteiger partial charge is 0.407 e. The summed E-state index contributed by atoms with van der Waals surface area (Å²) in [6, 6.07) is 6.34. The molecule has 1 amide bonds. The van der Waals surface area contributed by atoms with Crippen LogP contribution in [0.5, 0.6) is 0 Å². The Labute approximate surface area is 152 Å². The molecule has 5 nitrogen and oxygen atoms in total. The topological polar surface area (TPSA) is 76.0 Å². The summed E-state index contributed by atoms with van der Waals surface area (Å²) in [4.78, 5) is 12.7. The molecule has 1 spiro atoms. The third-order valence-corrected chi connectivity index (χ3v) is 6.63. The van der Waals surface area contributed by atoms with Gasteiger partial charge in [-0.05, 0) is 52.5 Å². The van der Waals surface area contributed by atoms with Crippen LogP contribution in [0.15, 0.2) is 22.6 Å². The first-order valence-electron chi connectivity index (χ1n) is 8.71. The van der Waals surface area contributed by atoms with Crippen LogP contribution in [0.1, 0.15) is 50.3 Å². The maximum Gasteiger partial charge on any atom is 0.407 e. The number of hydrogen-bond donors (Lipinski definition) is 1.